The van der Waals surface area contributed by atoms with E-state index in [1.807, 2.05) is 30.3 Å². The molecule has 1 saturated heterocycles. The van der Waals surface area contributed by atoms with Crippen LogP contribution in [0.15, 0.2) is 30.3 Å². The van der Waals surface area contributed by atoms with E-state index in [2.05, 4.69) is 0 Å². The van der Waals surface area contributed by atoms with Crippen molar-refractivity contribution >= 4 is 5.76 Å². The van der Waals surface area contributed by atoms with Crippen LogP contribution in [0.3, 0.4) is 0 Å². The Morgan fingerprint density at radius 2 is 2.00 bits per heavy atom. The molecule has 1 aliphatic carbocycles. The Labute approximate surface area is 111 Å². The van der Waals surface area contributed by atoms with Crippen LogP contribution >= 0.6 is 0 Å². The van der Waals surface area contributed by atoms with Crippen LogP contribution in [0.1, 0.15) is 18.1 Å². The van der Waals surface area contributed by atoms with E-state index in [4.69, 9.17) is 24.0 Å². The van der Waals surface area contributed by atoms with E-state index in [1.54, 1.807) is 21.1 Å². The summed E-state index contributed by atoms with van der Waals surface area (Å²) in [5, 5.41) is 0. The molecule has 3 atom stereocenters. The summed E-state index contributed by atoms with van der Waals surface area (Å²) in [5.41, 5.74) is 1.73. The van der Waals surface area contributed by atoms with Crippen molar-refractivity contribution in [2.45, 2.75) is 25.1 Å². The highest BCUT2D eigenvalue weighted by molar-refractivity contribution is 5.67. The number of ether oxygens (including phenoxy) is 3. The zero-order valence-corrected chi connectivity index (χ0v) is 11.1. The van der Waals surface area contributed by atoms with Gasteiger partial charge in [-0.3, -0.25) is 0 Å². The largest absolute Gasteiger partial charge is 0.496 e. The van der Waals surface area contributed by atoms with E-state index in [0.29, 0.717) is 0 Å². The maximum Gasteiger partial charge on any atom is 0.258 e. The van der Waals surface area contributed by atoms with Gasteiger partial charge in [0.05, 0.1) is 7.11 Å². The Balaban J connectivity index is 2.16. The summed E-state index contributed by atoms with van der Waals surface area (Å²) in [5.74, 6) is -0.350. The molecule has 102 valence electrons. The number of benzene rings is 1. The first-order chi connectivity index (χ1) is 9.21. The van der Waals surface area contributed by atoms with Crippen LogP contribution in [0, 0.1) is 0 Å². The Morgan fingerprint density at radius 1 is 1.21 bits per heavy atom. The Bertz CT molecular complexity index is 512. The zero-order valence-electron chi connectivity index (χ0n) is 11.1. The van der Waals surface area contributed by atoms with Crippen molar-refractivity contribution in [2.24, 2.45) is 0 Å². The minimum Gasteiger partial charge on any atom is -0.496 e. The first kappa shape index (κ1) is 12.6. The van der Waals surface area contributed by atoms with Gasteiger partial charge in [-0.2, -0.15) is 4.89 Å². The molecule has 0 aromatic heterocycles. The first-order valence-electron chi connectivity index (χ1n) is 6.12. The second-order valence-electron chi connectivity index (χ2n) is 4.46. The van der Waals surface area contributed by atoms with E-state index >= 15 is 0 Å². The summed E-state index contributed by atoms with van der Waals surface area (Å²) in [6, 6.07) is 7.71. The molecule has 1 aromatic carbocycles. The monoisotopic (exact) mass is 264 g/mol. The highest BCUT2D eigenvalue weighted by Crippen LogP contribution is 2.45. The molecule has 5 nitrogen and oxygen atoms in total. The van der Waals surface area contributed by atoms with Crippen molar-refractivity contribution in [3.63, 3.8) is 0 Å². The van der Waals surface area contributed by atoms with Gasteiger partial charge in [-0.15, -0.1) is 0 Å². The molecular weight excluding hydrogens is 248 g/mol. The van der Waals surface area contributed by atoms with Crippen LogP contribution in [0.25, 0.3) is 5.76 Å². The van der Waals surface area contributed by atoms with Crippen molar-refractivity contribution < 1.29 is 24.0 Å². The lowest BCUT2D eigenvalue weighted by molar-refractivity contribution is -0.533. The van der Waals surface area contributed by atoms with E-state index < -0.39 is 18.2 Å². The molecule has 3 rings (SSSR count). The molecule has 0 radical (unpaired) electrons. The molecule has 5 heteroatoms. The van der Waals surface area contributed by atoms with Gasteiger partial charge in [0.1, 0.15) is 11.9 Å². The minimum absolute atomic E-state index is 0.425. The summed E-state index contributed by atoms with van der Waals surface area (Å²) in [6.07, 6.45) is 0.962. The number of rotatable bonds is 2. The number of hydrogen-bond donors (Lipinski definition) is 0. The van der Waals surface area contributed by atoms with Crippen molar-refractivity contribution in [1.82, 2.24) is 0 Å². The van der Waals surface area contributed by atoms with Crippen LogP contribution in [0.5, 0.6) is 0 Å². The van der Waals surface area contributed by atoms with Gasteiger partial charge < -0.3 is 14.2 Å². The molecule has 1 fully saturated rings. The maximum absolute atomic E-state index is 5.74. The fourth-order valence-corrected chi connectivity index (χ4v) is 2.52. The number of fused-ring (bicyclic) bond motifs is 3. The van der Waals surface area contributed by atoms with Crippen molar-refractivity contribution in [3.05, 3.63) is 41.5 Å². The van der Waals surface area contributed by atoms with Crippen molar-refractivity contribution in [3.8, 4) is 0 Å². The summed E-state index contributed by atoms with van der Waals surface area (Å²) in [7, 11) is 3.20. The van der Waals surface area contributed by atoms with E-state index in [0.717, 1.165) is 16.9 Å². The quantitative estimate of drug-likeness (QED) is 0.766. The molecule has 1 aromatic rings. The molecule has 0 N–H and O–H groups in total. The predicted octanol–water partition coefficient (Wildman–Crippen LogP) is 2.18. The van der Waals surface area contributed by atoms with Crippen molar-refractivity contribution in [1.29, 1.82) is 0 Å². The fraction of sp³-hybridized carbons (Fsp3) is 0.429. The Morgan fingerprint density at radius 3 is 2.74 bits per heavy atom. The van der Waals surface area contributed by atoms with Crippen LogP contribution in [0.4, 0.5) is 0 Å². The van der Waals surface area contributed by atoms with Gasteiger partial charge in [0, 0.05) is 18.2 Å². The molecule has 0 amide bonds. The normalized spacial score (nSPS) is 33.1. The van der Waals surface area contributed by atoms with Gasteiger partial charge in [0.25, 0.3) is 5.79 Å². The maximum atomic E-state index is 5.74. The smallest absolute Gasteiger partial charge is 0.258 e. The molecule has 2 aliphatic rings. The van der Waals surface area contributed by atoms with Gasteiger partial charge >= 0.3 is 0 Å². The third-order valence-corrected chi connectivity index (χ3v) is 3.41. The molecule has 0 spiro atoms. The standard InChI is InChI=1S/C14H16O5/c1-9-17-13-8-12(15-2)10-6-4-5-7-11(10)14(13,16-3)19-18-9/h4-9,13H,1-3H3/t9?,13-,14+/m0/s1. The van der Waals surface area contributed by atoms with Crippen LogP contribution < -0.4 is 0 Å². The average molecular weight is 264 g/mol. The fourth-order valence-electron chi connectivity index (χ4n) is 2.52. The van der Waals surface area contributed by atoms with Gasteiger partial charge in [-0.1, -0.05) is 24.3 Å². The lowest BCUT2D eigenvalue weighted by Crippen LogP contribution is -2.52. The van der Waals surface area contributed by atoms with Crippen molar-refractivity contribution in [2.75, 3.05) is 14.2 Å². The van der Waals surface area contributed by atoms with Crippen LogP contribution in [0.2, 0.25) is 0 Å². The van der Waals surface area contributed by atoms with Gasteiger partial charge in [-0.25, -0.2) is 4.89 Å². The Kier molecular flexibility index (Phi) is 3.06. The van der Waals surface area contributed by atoms with Gasteiger partial charge in [-0.05, 0) is 13.0 Å². The second kappa shape index (κ2) is 4.61. The lowest BCUT2D eigenvalue weighted by Gasteiger charge is -2.44. The molecule has 0 saturated carbocycles. The molecule has 19 heavy (non-hydrogen) atoms. The number of hydrogen-bond acceptors (Lipinski definition) is 5. The van der Waals surface area contributed by atoms with Gasteiger partial charge in [0.15, 0.2) is 6.29 Å². The topological polar surface area (TPSA) is 46.2 Å². The predicted molar refractivity (Wildman–Crippen MR) is 66.6 cm³/mol. The molecule has 0 bridgehead atoms. The van der Waals surface area contributed by atoms with E-state index in [1.165, 1.54) is 0 Å². The third kappa shape index (κ3) is 1.78. The zero-order chi connectivity index (χ0) is 13.5. The Hall–Kier alpha value is -1.40. The first-order valence-corrected chi connectivity index (χ1v) is 6.12. The van der Waals surface area contributed by atoms with E-state index in [9.17, 15) is 0 Å². The van der Waals surface area contributed by atoms with E-state index in [-0.39, 0.29) is 0 Å². The van der Waals surface area contributed by atoms with Crippen LogP contribution in [-0.4, -0.2) is 26.6 Å². The summed E-state index contributed by atoms with van der Waals surface area (Å²) in [4.78, 5) is 10.7. The summed E-state index contributed by atoms with van der Waals surface area (Å²) in [6.45, 7) is 1.76. The van der Waals surface area contributed by atoms with Gasteiger partial charge in [0.2, 0.25) is 0 Å². The summed E-state index contributed by atoms with van der Waals surface area (Å²) < 4.78 is 16.7. The highest BCUT2D eigenvalue weighted by Gasteiger charge is 2.52. The lowest BCUT2D eigenvalue weighted by atomic mass is 9.88. The number of methoxy groups -OCH3 is 2. The molecular formula is C14H16O5. The second-order valence-corrected chi connectivity index (χ2v) is 4.46. The molecule has 1 heterocycles. The highest BCUT2D eigenvalue weighted by atomic mass is 17.3. The SMILES string of the molecule is COC1=C[C@@H]2OC(C)OO[C@]2(OC)c2ccccc21. The third-order valence-electron chi connectivity index (χ3n) is 3.41. The summed E-state index contributed by atoms with van der Waals surface area (Å²) >= 11 is 0. The van der Waals surface area contributed by atoms with Crippen LogP contribution in [-0.2, 0) is 29.8 Å². The average Bonchev–Trinajstić information content (AvgIpc) is 2.46. The molecule has 1 aliphatic heterocycles. The minimum atomic E-state index is -1.09. The molecule has 1 unspecified atom stereocenters.